The molecule has 2 N–H and O–H groups in total. The SMILES string of the molecule is CCCCCCCCC(CCCCN)CC(=O)[O-]. The first-order valence-electron chi connectivity index (χ1n) is 7.60. The molecule has 0 bridgehead atoms. The van der Waals surface area contributed by atoms with Crippen LogP contribution in [0.15, 0.2) is 0 Å². The van der Waals surface area contributed by atoms with Crippen molar-refractivity contribution in [2.24, 2.45) is 11.7 Å². The predicted molar refractivity (Wildman–Crippen MR) is 74.0 cm³/mol. The quantitative estimate of drug-likeness (QED) is 0.515. The lowest BCUT2D eigenvalue weighted by atomic mass is 9.92. The number of nitrogens with two attached hydrogens (primary N) is 1. The lowest BCUT2D eigenvalue weighted by Crippen LogP contribution is -2.25. The van der Waals surface area contributed by atoms with Crippen LogP contribution in [0.4, 0.5) is 0 Å². The van der Waals surface area contributed by atoms with Crippen molar-refractivity contribution in [3.05, 3.63) is 0 Å². The number of hydrogen-bond donors (Lipinski definition) is 1. The summed E-state index contributed by atoms with van der Waals surface area (Å²) >= 11 is 0. The van der Waals surface area contributed by atoms with E-state index < -0.39 is 5.97 Å². The van der Waals surface area contributed by atoms with E-state index in [1.54, 1.807) is 0 Å². The number of aliphatic carboxylic acids is 1. The molecule has 0 aromatic heterocycles. The topological polar surface area (TPSA) is 66.2 Å². The fraction of sp³-hybridized carbons (Fsp3) is 0.933. The Morgan fingerprint density at radius 2 is 1.56 bits per heavy atom. The largest absolute Gasteiger partial charge is 0.550 e. The van der Waals surface area contributed by atoms with Gasteiger partial charge in [-0.2, -0.15) is 0 Å². The monoisotopic (exact) mass is 256 g/mol. The fourth-order valence-corrected chi connectivity index (χ4v) is 2.37. The third-order valence-electron chi connectivity index (χ3n) is 3.49. The zero-order chi connectivity index (χ0) is 13.6. The minimum absolute atomic E-state index is 0.222. The first-order chi connectivity index (χ1) is 8.70. The number of carboxylic acids is 1. The second-order valence-electron chi connectivity index (χ2n) is 5.28. The molecular weight excluding hydrogens is 226 g/mol. The van der Waals surface area contributed by atoms with Crippen LogP contribution in [0.5, 0.6) is 0 Å². The Bertz CT molecular complexity index is 195. The Morgan fingerprint density at radius 1 is 1.00 bits per heavy atom. The summed E-state index contributed by atoms with van der Waals surface area (Å²) < 4.78 is 0. The molecule has 0 spiro atoms. The molecule has 0 fully saturated rings. The van der Waals surface area contributed by atoms with E-state index in [-0.39, 0.29) is 6.42 Å². The van der Waals surface area contributed by atoms with E-state index in [1.165, 1.54) is 32.1 Å². The number of hydrogen-bond acceptors (Lipinski definition) is 3. The standard InChI is InChI=1S/C15H31NO2/c1-2-3-4-5-6-7-10-14(13-15(17)18)11-8-9-12-16/h14H,2-13,16H2,1H3,(H,17,18)/p-1. The predicted octanol–water partition coefficient (Wildman–Crippen LogP) is 2.62. The van der Waals surface area contributed by atoms with Gasteiger partial charge in [0.2, 0.25) is 0 Å². The molecule has 0 saturated carbocycles. The van der Waals surface area contributed by atoms with E-state index in [0.29, 0.717) is 12.5 Å². The van der Waals surface area contributed by atoms with Crippen molar-refractivity contribution in [3.8, 4) is 0 Å². The van der Waals surface area contributed by atoms with Crippen molar-refractivity contribution in [2.45, 2.75) is 77.6 Å². The van der Waals surface area contributed by atoms with Crippen molar-refractivity contribution in [1.82, 2.24) is 0 Å². The molecule has 0 radical (unpaired) electrons. The minimum Gasteiger partial charge on any atom is -0.550 e. The van der Waals surface area contributed by atoms with Gasteiger partial charge in [0.05, 0.1) is 0 Å². The van der Waals surface area contributed by atoms with Gasteiger partial charge in [-0.05, 0) is 25.3 Å². The van der Waals surface area contributed by atoms with Crippen LogP contribution < -0.4 is 10.8 Å². The first kappa shape index (κ1) is 17.4. The maximum absolute atomic E-state index is 10.7. The third-order valence-corrected chi connectivity index (χ3v) is 3.49. The third kappa shape index (κ3) is 11.9. The Hall–Kier alpha value is -0.570. The maximum atomic E-state index is 10.7. The summed E-state index contributed by atoms with van der Waals surface area (Å²) in [4.78, 5) is 10.7. The van der Waals surface area contributed by atoms with Crippen molar-refractivity contribution < 1.29 is 9.90 Å². The average Bonchev–Trinajstić information content (AvgIpc) is 2.33. The summed E-state index contributed by atoms with van der Waals surface area (Å²) in [5, 5.41) is 10.7. The van der Waals surface area contributed by atoms with E-state index in [4.69, 9.17) is 5.73 Å². The Kier molecular flexibility index (Phi) is 12.5. The lowest BCUT2D eigenvalue weighted by Gasteiger charge is -2.17. The van der Waals surface area contributed by atoms with Crippen molar-refractivity contribution in [3.63, 3.8) is 0 Å². The molecule has 3 nitrogen and oxygen atoms in total. The molecule has 0 amide bonds. The molecule has 0 aliphatic rings. The summed E-state index contributed by atoms with van der Waals surface area (Å²) in [5.41, 5.74) is 5.46. The first-order valence-corrected chi connectivity index (χ1v) is 7.60. The van der Waals surface area contributed by atoms with Crippen LogP contribution >= 0.6 is 0 Å². The molecule has 0 rings (SSSR count). The second kappa shape index (κ2) is 12.9. The summed E-state index contributed by atoms with van der Waals surface area (Å²) in [6.45, 7) is 2.92. The molecule has 18 heavy (non-hydrogen) atoms. The van der Waals surface area contributed by atoms with E-state index in [9.17, 15) is 9.90 Å². The normalized spacial score (nSPS) is 12.6. The highest BCUT2D eigenvalue weighted by atomic mass is 16.4. The zero-order valence-corrected chi connectivity index (χ0v) is 12.0. The van der Waals surface area contributed by atoms with Gasteiger partial charge in [0.1, 0.15) is 0 Å². The molecule has 3 heteroatoms. The number of unbranched alkanes of at least 4 members (excludes halogenated alkanes) is 6. The van der Waals surface area contributed by atoms with Gasteiger partial charge in [0, 0.05) is 5.97 Å². The van der Waals surface area contributed by atoms with E-state index in [2.05, 4.69) is 6.92 Å². The number of carbonyl (C=O) groups excluding carboxylic acids is 1. The molecule has 108 valence electrons. The fourth-order valence-electron chi connectivity index (χ4n) is 2.37. The number of carbonyl (C=O) groups is 1. The van der Waals surface area contributed by atoms with Gasteiger partial charge >= 0.3 is 0 Å². The van der Waals surface area contributed by atoms with Gasteiger partial charge < -0.3 is 15.6 Å². The number of rotatable bonds is 13. The van der Waals surface area contributed by atoms with Crippen molar-refractivity contribution in [1.29, 1.82) is 0 Å². The van der Waals surface area contributed by atoms with E-state index >= 15 is 0 Å². The van der Waals surface area contributed by atoms with E-state index in [0.717, 1.165) is 32.1 Å². The van der Waals surface area contributed by atoms with Crippen LogP contribution in [0.2, 0.25) is 0 Å². The summed E-state index contributed by atoms with van der Waals surface area (Å²) in [6.07, 6.45) is 11.9. The minimum atomic E-state index is -0.904. The van der Waals surface area contributed by atoms with Gasteiger partial charge in [0.25, 0.3) is 0 Å². The molecule has 0 saturated heterocycles. The van der Waals surface area contributed by atoms with Gasteiger partial charge in [-0.15, -0.1) is 0 Å². The molecule has 0 aromatic carbocycles. The molecule has 1 unspecified atom stereocenters. The summed E-state index contributed by atoms with van der Waals surface area (Å²) in [7, 11) is 0. The maximum Gasteiger partial charge on any atom is 0.0417 e. The van der Waals surface area contributed by atoms with Crippen LogP contribution in [0.1, 0.15) is 77.6 Å². The van der Waals surface area contributed by atoms with Gasteiger partial charge in [-0.3, -0.25) is 0 Å². The Labute approximate surface area is 112 Å². The van der Waals surface area contributed by atoms with Crippen molar-refractivity contribution >= 4 is 5.97 Å². The van der Waals surface area contributed by atoms with Gasteiger partial charge in [-0.1, -0.05) is 64.7 Å². The summed E-state index contributed by atoms with van der Waals surface area (Å²) in [5.74, 6) is -0.605. The molecule has 0 aliphatic carbocycles. The van der Waals surface area contributed by atoms with Crippen molar-refractivity contribution in [2.75, 3.05) is 6.54 Å². The zero-order valence-electron chi connectivity index (χ0n) is 12.0. The highest BCUT2D eigenvalue weighted by Crippen LogP contribution is 2.20. The smallest absolute Gasteiger partial charge is 0.0417 e. The highest BCUT2D eigenvalue weighted by molar-refractivity contribution is 5.64. The van der Waals surface area contributed by atoms with Crippen LogP contribution in [0, 0.1) is 5.92 Å². The highest BCUT2D eigenvalue weighted by Gasteiger charge is 2.08. The summed E-state index contributed by atoms with van der Waals surface area (Å²) in [6, 6.07) is 0. The van der Waals surface area contributed by atoms with Gasteiger partial charge in [0.15, 0.2) is 0 Å². The van der Waals surface area contributed by atoms with Crippen LogP contribution in [0.25, 0.3) is 0 Å². The lowest BCUT2D eigenvalue weighted by molar-refractivity contribution is -0.306. The molecule has 0 aromatic rings. The number of carboxylic acid groups (broad SMARTS) is 1. The van der Waals surface area contributed by atoms with Gasteiger partial charge in [-0.25, -0.2) is 0 Å². The van der Waals surface area contributed by atoms with E-state index in [1.807, 2.05) is 0 Å². The molecule has 0 aliphatic heterocycles. The average molecular weight is 256 g/mol. The Morgan fingerprint density at radius 3 is 2.11 bits per heavy atom. The second-order valence-corrected chi connectivity index (χ2v) is 5.28. The van der Waals surface area contributed by atoms with Crippen LogP contribution in [-0.4, -0.2) is 12.5 Å². The molecule has 0 heterocycles. The van der Waals surface area contributed by atoms with Crippen LogP contribution in [0.3, 0.4) is 0 Å². The molecular formula is C15H30NO2-. The van der Waals surface area contributed by atoms with Crippen LogP contribution in [-0.2, 0) is 4.79 Å². The molecule has 1 atom stereocenters. The Balaban J connectivity index is 3.61.